The minimum atomic E-state index is -0.449. The van der Waals surface area contributed by atoms with Crippen LogP contribution in [0.2, 0.25) is 0 Å². The second kappa shape index (κ2) is 3.64. The Kier molecular flexibility index (Phi) is 2.76. The summed E-state index contributed by atoms with van der Waals surface area (Å²) in [5.41, 5.74) is 0.600. The van der Waals surface area contributed by atoms with Gasteiger partial charge in [-0.25, -0.2) is 4.79 Å². The van der Waals surface area contributed by atoms with Crippen molar-refractivity contribution in [3.63, 3.8) is 0 Å². The zero-order valence-electron chi connectivity index (χ0n) is 8.18. The molecule has 0 saturated heterocycles. The summed E-state index contributed by atoms with van der Waals surface area (Å²) < 4.78 is 4.96. The molecule has 1 aromatic heterocycles. The lowest BCUT2D eigenvalue weighted by Crippen LogP contribution is -2.07. The molecule has 0 amide bonds. The summed E-state index contributed by atoms with van der Waals surface area (Å²) in [4.78, 5) is 11.1. The molecule has 0 aliphatic rings. The van der Waals surface area contributed by atoms with Gasteiger partial charge in [-0.3, -0.25) is 0 Å². The highest BCUT2D eigenvalue weighted by Gasteiger charge is 2.12. The standard InChI is InChI=1S/C10H14O3/c1-4-5-8-7(3)13-10(12)6(2)9(8)11/h11H,4-5H2,1-3H3. The van der Waals surface area contributed by atoms with Crippen LogP contribution < -0.4 is 5.63 Å². The summed E-state index contributed by atoms with van der Waals surface area (Å²) in [6, 6.07) is 0. The number of rotatable bonds is 2. The van der Waals surface area contributed by atoms with Crippen LogP contribution in [0, 0.1) is 13.8 Å². The molecule has 0 aliphatic heterocycles. The third-order valence-electron chi connectivity index (χ3n) is 2.12. The van der Waals surface area contributed by atoms with Crippen LogP contribution in [-0.4, -0.2) is 5.11 Å². The fourth-order valence-electron chi connectivity index (χ4n) is 1.31. The zero-order chi connectivity index (χ0) is 10.0. The van der Waals surface area contributed by atoms with E-state index in [0.29, 0.717) is 11.3 Å². The van der Waals surface area contributed by atoms with Crippen LogP contribution in [0.15, 0.2) is 9.21 Å². The van der Waals surface area contributed by atoms with Gasteiger partial charge < -0.3 is 9.52 Å². The maximum absolute atomic E-state index is 11.1. The van der Waals surface area contributed by atoms with Crippen molar-refractivity contribution in [1.82, 2.24) is 0 Å². The first-order valence-electron chi connectivity index (χ1n) is 4.40. The molecule has 1 aromatic rings. The van der Waals surface area contributed by atoms with Crippen LogP contribution in [0.5, 0.6) is 5.75 Å². The van der Waals surface area contributed by atoms with E-state index in [9.17, 15) is 9.90 Å². The highest BCUT2D eigenvalue weighted by atomic mass is 16.4. The molecule has 72 valence electrons. The van der Waals surface area contributed by atoms with Crippen LogP contribution in [0.4, 0.5) is 0 Å². The Morgan fingerprint density at radius 2 is 2.00 bits per heavy atom. The molecule has 0 atom stereocenters. The molecule has 1 N–H and O–H groups in total. The van der Waals surface area contributed by atoms with E-state index in [1.165, 1.54) is 0 Å². The van der Waals surface area contributed by atoms with E-state index in [1.54, 1.807) is 13.8 Å². The predicted molar refractivity (Wildman–Crippen MR) is 50.1 cm³/mol. The summed E-state index contributed by atoms with van der Waals surface area (Å²) >= 11 is 0. The molecule has 1 heterocycles. The van der Waals surface area contributed by atoms with Gasteiger partial charge in [0.2, 0.25) is 0 Å². The molecular formula is C10H14O3. The molecule has 0 unspecified atom stereocenters. The Morgan fingerprint density at radius 3 is 2.54 bits per heavy atom. The molecule has 0 aromatic carbocycles. The second-order valence-electron chi connectivity index (χ2n) is 3.15. The fraction of sp³-hybridized carbons (Fsp3) is 0.500. The Morgan fingerprint density at radius 1 is 1.38 bits per heavy atom. The monoisotopic (exact) mass is 182 g/mol. The Balaban J connectivity index is 3.35. The third kappa shape index (κ3) is 1.74. The van der Waals surface area contributed by atoms with Crippen molar-refractivity contribution in [2.24, 2.45) is 0 Å². The van der Waals surface area contributed by atoms with Crippen LogP contribution in [0.25, 0.3) is 0 Å². The number of hydrogen-bond donors (Lipinski definition) is 1. The van der Waals surface area contributed by atoms with Crippen molar-refractivity contribution in [2.45, 2.75) is 33.6 Å². The van der Waals surface area contributed by atoms with Gasteiger partial charge in [-0.1, -0.05) is 13.3 Å². The predicted octanol–water partition coefficient (Wildman–Crippen LogP) is 1.91. The van der Waals surface area contributed by atoms with E-state index in [1.807, 2.05) is 6.92 Å². The summed E-state index contributed by atoms with van der Waals surface area (Å²) in [7, 11) is 0. The lowest BCUT2D eigenvalue weighted by molar-refractivity contribution is 0.415. The SMILES string of the molecule is CCCc1c(C)oc(=O)c(C)c1O. The smallest absolute Gasteiger partial charge is 0.342 e. The molecule has 0 fully saturated rings. The van der Waals surface area contributed by atoms with Crippen LogP contribution in [0.3, 0.4) is 0 Å². The normalized spacial score (nSPS) is 10.4. The fourth-order valence-corrected chi connectivity index (χ4v) is 1.31. The average molecular weight is 182 g/mol. The Labute approximate surface area is 77.0 Å². The molecule has 1 rings (SSSR count). The maximum atomic E-state index is 11.1. The van der Waals surface area contributed by atoms with Gasteiger partial charge >= 0.3 is 5.63 Å². The largest absolute Gasteiger partial charge is 0.507 e. The van der Waals surface area contributed by atoms with E-state index in [0.717, 1.165) is 18.4 Å². The van der Waals surface area contributed by atoms with Crippen molar-refractivity contribution >= 4 is 0 Å². The van der Waals surface area contributed by atoms with Gasteiger partial charge in [0, 0.05) is 5.56 Å². The quantitative estimate of drug-likeness (QED) is 0.760. The molecule has 0 radical (unpaired) electrons. The number of hydrogen-bond acceptors (Lipinski definition) is 3. The zero-order valence-corrected chi connectivity index (χ0v) is 8.18. The van der Waals surface area contributed by atoms with Gasteiger partial charge in [-0.05, 0) is 20.3 Å². The summed E-state index contributed by atoms with van der Waals surface area (Å²) in [5.74, 6) is 0.616. The molecule has 0 bridgehead atoms. The van der Waals surface area contributed by atoms with Crippen molar-refractivity contribution in [1.29, 1.82) is 0 Å². The van der Waals surface area contributed by atoms with Crippen molar-refractivity contribution in [3.05, 3.63) is 27.3 Å². The van der Waals surface area contributed by atoms with E-state index in [4.69, 9.17) is 4.42 Å². The topological polar surface area (TPSA) is 50.4 Å². The molecule has 0 aliphatic carbocycles. The Hall–Kier alpha value is -1.25. The minimum Gasteiger partial charge on any atom is -0.507 e. The van der Waals surface area contributed by atoms with E-state index in [-0.39, 0.29) is 5.75 Å². The number of aryl methyl sites for hydroxylation is 1. The second-order valence-corrected chi connectivity index (χ2v) is 3.15. The van der Waals surface area contributed by atoms with Gasteiger partial charge in [0.05, 0.1) is 5.56 Å². The van der Waals surface area contributed by atoms with E-state index >= 15 is 0 Å². The molecule has 0 saturated carbocycles. The summed E-state index contributed by atoms with van der Waals surface area (Å²) in [5, 5.41) is 9.63. The maximum Gasteiger partial charge on any atom is 0.342 e. The highest BCUT2D eigenvalue weighted by molar-refractivity contribution is 5.38. The third-order valence-corrected chi connectivity index (χ3v) is 2.12. The van der Waals surface area contributed by atoms with Crippen molar-refractivity contribution in [3.8, 4) is 5.75 Å². The summed E-state index contributed by atoms with van der Waals surface area (Å²) in [6.45, 7) is 5.28. The first-order valence-corrected chi connectivity index (χ1v) is 4.40. The summed E-state index contributed by atoms with van der Waals surface area (Å²) in [6.07, 6.45) is 1.66. The average Bonchev–Trinajstić information content (AvgIpc) is 2.09. The highest BCUT2D eigenvalue weighted by Crippen LogP contribution is 2.23. The number of aromatic hydroxyl groups is 1. The molecule has 13 heavy (non-hydrogen) atoms. The van der Waals surface area contributed by atoms with Crippen LogP contribution >= 0.6 is 0 Å². The molecule has 0 spiro atoms. The molecule has 3 nitrogen and oxygen atoms in total. The van der Waals surface area contributed by atoms with Gasteiger partial charge in [-0.2, -0.15) is 0 Å². The van der Waals surface area contributed by atoms with Gasteiger partial charge in [0.15, 0.2) is 0 Å². The van der Waals surface area contributed by atoms with E-state index < -0.39 is 5.63 Å². The molecule has 3 heteroatoms. The van der Waals surface area contributed by atoms with E-state index in [2.05, 4.69) is 0 Å². The molecular weight excluding hydrogens is 168 g/mol. The lowest BCUT2D eigenvalue weighted by atomic mass is 10.1. The van der Waals surface area contributed by atoms with Gasteiger partial charge in [0.25, 0.3) is 0 Å². The van der Waals surface area contributed by atoms with Gasteiger partial charge in [-0.15, -0.1) is 0 Å². The Bertz CT molecular complexity index is 363. The first kappa shape index (κ1) is 9.84. The lowest BCUT2D eigenvalue weighted by Gasteiger charge is -2.07. The minimum absolute atomic E-state index is 0.0931. The van der Waals surface area contributed by atoms with Crippen LogP contribution in [-0.2, 0) is 6.42 Å². The first-order chi connectivity index (χ1) is 6.07. The van der Waals surface area contributed by atoms with Crippen molar-refractivity contribution < 1.29 is 9.52 Å². The van der Waals surface area contributed by atoms with Gasteiger partial charge in [0.1, 0.15) is 11.5 Å². The van der Waals surface area contributed by atoms with Crippen LogP contribution in [0.1, 0.15) is 30.2 Å². The van der Waals surface area contributed by atoms with Crippen molar-refractivity contribution in [2.75, 3.05) is 0 Å².